The van der Waals surface area contributed by atoms with Crippen LogP contribution in [0.2, 0.25) is 5.02 Å². The van der Waals surface area contributed by atoms with Gasteiger partial charge in [-0.3, -0.25) is 0 Å². The smallest absolute Gasteiger partial charge is 0.103 e. The van der Waals surface area contributed by atoms with Gasteiger partial charge in [0.1, 0.15) is 5.82 Å². The zero-order valence-electron chi connectivity index (χ0n) is 9.83. The lowest BCUT2D eigenvalue weighted by molar-refractivity contribution is 0.676. The Kier molecular flexibility index (Phi) is 4.18. The largest absolute Gasteiger partial charge is 0.345 e. The minimum Gasteiger partial charge on any atom is -0.345 e. The molecule has 0 spiro atoms. The number of H-pyrrole nitrogens is 1. The van der Waals surface area contributed by atoms with E-state index in [0.717, 1.165) is 36.1 Å². The van der Waals surface area contributed by atoms with Crippen LogP contribution < -0.4 is 5.32 Å². The van der Waals surface area contributed by atoms with Crippen LogP contribution in [0.3, 0.4) is 0 Å². The van der Waals surface area contributed by atoms with Gasteiger partial charge in [-0.25, -0.2) is 4.98 Å². The normalized spacial score (nSPS) is 10.7. The Hall–Kier alpha value is -1.32. The molecule has 2 N–H and O–H groups in total. The molecule has 0 unspecified atom stereocenters. The van der Waals surface area contributed by atoms with Gasteiger partial charge >= 0.3 is 0 Å². The quantitative estimate of drug-likeness (QED) is 0.800. The fourth-order valence-electron chi connectivity index (χ4n) is 1.67. The van der Waals surface area contributed by atoms with Crippen LogP contribution in [-0.2, 0) is 13.0 Å². The van der Waals surface area contributed by atoms with Crippen LogP contribution in [0, 0.1) is 6.92 Å². The van der Waals surface area contributed by atoms with Crippen LogP contribution in [0.4, 0.5) is 0 Å². The number of aryl methyl sites for hydroxylation is 1. The van der Waals surface area contributed by atoms with Crippen molar-refractivity contribution < 1.29 is 0 Å². The number of halogens is 1. The van der Waals surface area contributed by atoms with Gasteiger partial charge in [0.25, 0.3) is 0 Å². The Morgan fingerprint density at radius 2 is 2.06 bits per heavy atom. The second-order valence-corrected chi connectivity index (χ2v) is 4.48. The van der Waals surface area contributed by atoms with E-state index in [1.807, 2.05) is 25.3 Å². The van der Waals surface area contributed by atoms with Crippen molar-refractivity contribution in [3.05, 3.63) is 52.6 Å². The molecular formula is C13H16ClN3. The Bertz CT molecular complexity index is 462. The summed E-state index contributed by atoms with van der Waals surface area (Å²) in [6, 6.07) is 7.97. The van der Waals surface area contributed by atoms with Gasteiger partial charge in [0.2, 0.25) is 0 Å². The SMILES string of the molecule is Cc1ncc(CNCCc2ccc(Cl)cc2)[nH]1. The molecule has 0 saturated carbocycles. The third kappa shape index (κ3) is 3.88. The summed E-state index contributed by atoms with van der Waals surface area (Å²) in [5.74, 6) is 0.958. The summed E-state index contributed by atoms with van der Waals surface area (Å²) in [5.41, 5.74) is 2.42. The van der Waals surface area contributed by atoms with Gasteiger partial charge in [-0.15, -0.1) is 0 Å². The highest BCUT2D eigenvalue weighted by molar-refractivity contribution is 6.30. The van der Waals surface area contributed by atoms with Crippen molar-refractivity contribution in [1.29, 1.82) is 0 Å². The van der Waals surface area contributed by atoms with Crippen molar-refractivity contribution in [2.45, 2.75) is 19.9 Å². The van der Waals surface area contributed by atoms with Gasteiger partial charge in [0.05, 0.1) is 0 Å². The highest BCUT2D eigenvalue weighted by Crippen LogP contribution is 2.09. The Morgan fingerprint density at radius 1 is 1.29 bits per heavy atom. The van der Waals surface area contributed by atoms with Gasteiger partial charge < -0.3 is 10.3 Å². The number of hydrogen-bond acceptors (Lipinski definition) is 2. The van der Waals surface area contributed by atoms with Gasteiger partial charge in [-0.1, -0.05) is 23.7 Å². The number of nitrogens with one attached hydrogen (secondary N) is 2. The van der Waals surface area contributed by atoms with Crippen molar-refractivity contribution >= 4 is 11.6 Å². The number of benzene rings is 1. The molecule has 0 saturated heterocycles. The lowest BCUT2D eigenvalue weighted by Crippen LogP contribution is -2.16. The molecule has 0 atom stereocenters. The van der Waals surface area contributed by atoms with E-state index in [1.54, 1.807) is 0 Å². The topological polar surface area (TPSA) is 40.7 Å². The molecule has 0 bridgehead atoms. The van der Waals surface area contributed by atoms with Crippen molar-refractivity contribution in [2.24, 2.45) is 0 Å². The van der Waals surface area contributed by atoms with Gasteiger partial charge in [0, 0.05) is 23.5 Å². The van der Waals surface area contributed by atoms with Crippen LogP contribution in [-0.4, -0.2) is 16.5 Å². The predicted octanol–water partition coefficient (Wildman–Crippen LogP) is 2.70. The molecule has 1 aromatic carbocycles. The van der Waals surface area contributed by atoms with E-state index in [4.69, 9.17) is 11.6 Å². The molecule has 3 nitrogen and oxygen atoms in total. The van der Waals surface area contributed by atoms with Crippen molar-refractivity contribution in [2.75, 3.05) is 6.54 Å². The second kappa shape index (κ2) is 5.84. The highest BCUT2D eigenvalue weighted by Gasteiger charge is 1.97. The first kappa shape index (κ1) is 12.1. The van der Waals surface area contributed by atoms with E-state index < -0.39 is 0 Å². The summed E-state index contributed by atoms with van der Waals surface area (Å²) in [6.07, 6.45) is 2.87. The summed E-state index contributed by atoms with van der Waals surface area (Å²) < 4.78 is 0. The predicted molar refractivity (Wildman–Crippen MR) is 70.2 cm³/mol. The first-order valence-corrected chi connectivity index (χ1v) is 6.07. The number of rotatable bonds is 5. The summed E-state index contributed by atoms with van der Waals surface area (Å²) in [4.78, 5) is 7.34. The standard InChI is InChI=1S/C13H16ClN3/c1-10-16-9-13(17-10)8-15-7-6-11-2-4-12(14)5-3-11/h2-5,9,15H,6-8H2,1H3,(H,16,17). The Labute approximate surface area is 106 Å². The number of imidazole rings is 1. The minimum absolute atomic E-state index is 0.787. The molecule has 2 rings (SSSR count). The molecule has 0 aliphatic carbocycles. The molecule has 0 amide bonds. The van der Waals surface area contributed by atoms with Crippen LogP contribution >= 0.6 is 11.6 Å². The van der Waals surface area contributed by atoms with E-state index in [1.165, 1.54) is 5.56 Å². The maximum Gasteiger partial charge on any atom is 0.103 e. The molecule has 90 valence electrons. The summed E-state index contributed by atoms with van der Waals surface area (Å²) in [5, 5.41) is 4.16. The fraction of sp³-hybridized carbons (Fsp3) is 0.308. The molecular weight excluding hydrogens is 234 g/mol. The Balaban J connectivity index is 1.71. The third-order valence-electron chi connectivity index (χ3n) is 2.57. The molecule has 2 aromatic rings. The number of aromatic amines is 1. The number of nitrogens with zero attached hydrogens (tertiary/aromatic N) is 1. The van der Waals surface area contributed by atoms with Crippen LogP contribution in [0.25, 0.3) is 0 Å². The minimum atomic E-state index is 0.787. The van der Waals surface area contributed by atoms with E-state index in [2.05, 4.69) is 27.4 Å². The monoisotopic (exact) mass is 249 g/mol. The lowest BCUT2D eigenvalue weighted by Gasteiger charge is -2.03. The molecule has 0 aliphatic heterocycles. The van der Waals surface area contributed by atoms with E-state index in [-0.39, 0.29) is 0 Å². The summed E-state index contributed by atoms with van der Waals surface area (Å²) in [7, 11) is 0. The third-order valence-corrected chi connectivity index (χ3v) is 2.83. The first-order valence-electron chi connectivity index (χ1n) is 5.70. The zero-order valence-corrected chi connectivity index (χ0v) is 10.6. The fourth-order valence-corrected chi connectivity index (χ4v) is 1.79. The van der Waals surface area contributed by atoms with Gasteiger partial charge in [-0.2, -0.15) is 0 Å². The van der Waals surface area contributed by atoms with Gasteiger partial charge in [-0.05, 0) is 37.6 Å². The van der Waals surface area contributed by atoms with Crippen molar-refractivity contribution in [3.63, 3.8) is 0 Å². The van der Waals surface area contributed by atoms with Crippen LogP contribution in [0.15, 0.2) is 30.5 Å². The molecule has 0 aliphatic rings. The number of hydrogen-bond donors (Lipinski definition) is 2. The molecule has 4 heteroatoms. The zero-order chi connectivity index (χ0) is 12.1. The number of aromatic nitrogens is 2. The first-order chi connectivity index (χ1) is 8.24. The average Bonchev–Trinajstić information content (AvgIpc) is 2.73. The lowest BCUT2D eigenvalue weighted by atomic mass is 10.1. The molecule has 0 fully saturated rings. The van der Waals surface area contributed by atoms with Crippen LogP contribution in [0.5, 0.6) is 0 Å². The van der Waals surface area contributed by atoms with Crippen LogP contribution in [0.1, 0.15) is 17.1 Å². The molecule has 17 heavy (non-hydrogen) atoms. The second-order valence-electron chi connectivity index (χ2n) is 4.05. The van der Waals surface area contributed by atoms with E-state index in [0.29, 0.717) is 0 Å². The molecule has 1 heterocycles. The van der Waals surface area contributed by atoms with E-state index >= 15 is 0 Å². The molecule has 1 aromatic heterocycles. The molecule has 0 radical (unpaired) electrons. The van der Waals surface area contributed by atoms with Crippen molar-refractivity contribution in [1.82, 2.24) is 15.3 Å². The average molecular weight is 250 g/mol. The maximum absolute atomic E-state index is 5.83. The Morgan fingerprint density at radius 3 is 2.71 bits per heavy atom. The van der Waals surface area contributed by atoms with E-state index in [9.17, 15) is 0 Å². The van der Waals surface area contributed by atoms with Crippen molar-refractivity contribution in [3.8, 4) is 0 Å². The summed E-state index contributed by atoms with van der Waals surface area (Å²) in [6.45, 7) is 3.73. The highest BCUT2D eigenvalue weighted by atomic mass is 35.5. The maximum atomic E-state index is 5.83. The summed E-state index contributed by atoms with van der Waals surface area (Å²) >= 11 is 5.83. The van der Waals surface area contributed by atoms with Gasteiger partial charge in [0.15, 0.2) is 0 Å².